The molecule has 88 valence electrons. The van der Waals surface area contributed by atoms with Crippen LogP contribution in [0.25, 0.3) is 0 Å². The van der Waals surface area contributed by atoms with Gasteiger partial charge in [0.2, 0.25) is 3.79 Å². The molecule has 0 heterocycles. The minimum absolute atomic E-state index is 0.0325. The summed E-state index contributed by atoms with van der Waals surface area (Å²) in [5.74, 6) is 0. The topological polar surface area (TPSA) is 52.4 Å². The summed E-state index contributed by atoms with van der Waals surface area (Å²) >= 11 is 16.4. The van der Waals surface area contributed by atoms with Gasteiger partial charge < -0.3 is 4.74 Å². The number of rotatable bonds is 4. The molecule has 1 rings (SSSR count). The largest absolute Gasteiger partial charge is 0.372 e. The average molecular weight is 285 g/mol. The highest BCUT2D eigenvalue weighted by Gasteiger charge is 2.19. The molecule has 0 saturated carbocycles. The second kappa shape index (κ2) is 5.68. The van der Waals surface area contributed by atoms with E-state index in [1.807, 2.05) is 0 Å². The zero-order valence-corrected chi connectivity index (χ0v) is 10.3. The number of nitro benzene ring substituents is 1. The van der Waals surface area contributed by atoms with Crippen molar-refractivity contribution in [1.29, 1.82) is 0 Å². The first-order chi connectivity index (χ1) is 7.38. The Bertz CT molecular complexity index is 361. The third kappa shape index (κ3) is 4.99. The van der Waals surface area contributed by atoms with E-state index in [9.17, 15) is 10.1 Å². The van der Waals surface area contributed by atoms with Gasteiger partial charge in [0.25, 0.3) is 5.69 Å². The van der Waals surface area contributed by atoms with Crippen LogP contribution in [0.4, 0.5) is 5.69 Å². The summed E-state index contributed by atoms with van der Waals surface area (Å²) in [6, 6.07) is 5.98. The highest BCUT2D eigenvalue weighted by molar-refractivity contribution is 6.67. The average Bonchev–Trinajstić information content (AvgIpc) is 2.16. The molecule has 16 heavy (non-hydrogen) atoms. The van der Waals surface area contributed by atoms with Gasteiger partial charge >= 0.3 is 0 Å². The Hall–Kier alpha value is -0.550. The fraction of sp³-hybridized carbons (Fsp3) is 0.333. The van der Waals surface area contributed by atoms with Gasteiger partial charge in [-0.05, 0) is 17.7 Å². The molecule has 0 aromatic heterocycles. The molecule has 0 amide bonds. The van der Waals surface area contributed by atoms with Crippen LogP contribution in [-0.2, 0) is 11.3 Å². The van der Waals surface area contributed by atoms with E-state index in [-0.39, 0.29) is 18.9 Å². The number of alkyl halides is 3. The summed E-state index contributed by atoms with van der Waals surface area (Å²) in [6.45, 7) is 0.209. The molecule has 0 N–H and O–H groups in total. The second-order valence-corrected chi connectivity index (χ2v) is 5.55. The van der Waals surface area contributed by atoms with Gasteiger partial charge in [0.1, 0.15) is 0 Å². The zero-order valence-electron chi connectivity index (χ0n) is 8.03. The van der Waals surface area contributed by atoms with Gasteiger partial charge in [-0.2, -0.15) is 0 Å². The maximum Gasteiger partial charge on any atom is 0.269 e. The quantitative estimate of drug-likeness (QED) is 0.483. The number of hydrogen-bond donors (Lipinski definition) is 0. The second-order valence-electron chi connectivity index (χ2n) is 3.03. The van der Waals surface area contributed by atoms with Crippen molar-refractivity contribution in [2.24, 2.45) is 0 Å². The summed E-state index contributed by atoms with van der Waals surface area (Å²) < 4.78 is 3.68. The van der Waals surface area contributed by atoms with Crippen molar-refractivity contribution in [3.8, 4) is 0 Å². The minimum Gasteiger partial charge on any atom is -0.372 e. The SMILES string of the molecule is O=[N+]([O-])c1ccc(COCC(Cl)(Cl)Cl)cc1. The number of benzene rings is 1. The lowest BCUT2D eigenvalue weighted by Crippen LogP contribution is -2.12. The van der Waals surface area contributed by atoms with Crippen molar-refractivity contribution in [3.63, 3.8) is 0 Å². The van der Waals surface area contributed by atoms with Crippen LogP contribution in [0.5, 0.6) is 0 Å². The molecule has 0 unspecified atom stereocenters. The fourth-order valence-corrected chi connectivity index (χ4v) is 1.23. The number of nitro groups is 1. The molecule has 0 fully saturated rings. The van der Waals surface area contributed by atoms with Crippen molar-refractivity contribution in [3.05, 3.63) is 39.9 Å². The number of nitrogens with zero attached hydrogens (tertiary/aromatic N) is 1. The summed E-state index contributed by atoms with van der Waals surface area (Å²) in [4.78, 5) is 9.91. The van der Waals surface area contributed by atoms with Crippen LogP contribution < -0.4 is 0 Å². The molecule has 0 aliphatic carbocycles. The minimum atomic E-state index is -1.44. The first-order valence-corrected chi connectivity index (χ1v) is 5.40. The first-order valence-electron chi connectivity index (χ1n) is 4.26. The van der Waals surface area contributed by atoms with Crippen LogP contribution in [0.15, 0.2) is 24.3 Å². The maximum absolute atomic E-state index is 10.4. The van der Waals surface area contributed by atoms with Crippen LogP contribution in [-0.4, -0.2) is 15.3 Å². The van der Waals surface area contributed by atoms with Crippen LogP contribution in [0.2, 0.25) is 0 Å². The Balaban J connectivity index is 2.47. The Morgan fingerprint density at radius 3 is 2.25 bits per heavy atom. The molecule has 0 aliphatic rings. The van der Waals surface area contributed by atoms with E-state index in [4.69, 9.17) is 39.5 Å². The molecular formula is C9H8Cl3NO3. The highest BCUT2D eigenvalue weighted by Crippen LogP contribution is 2.26. The Labute approximate surface area is 107 Å². The fourth-order valence-electron chi connectivity index (χ4n) is 0.998. The molecule has 4 nitrogen and oxygen atoms in total. The van der Waals surface area contributed by atoms with Crippen molar-refractivity contribution in [2.75, 3.05) is 6.61 Å². The lowest BCUT2D eigenvalue weighted by atomic mass is 10.2. The Morgan fingerprint density at radius 2 is 1.81 bits per heavy atom. The Kier molecular flexibility index (Phi) is 4.80. The third-order valence-electron chi connectivity index (χ3n) is 1.68. The highest BCUT2D eigenvalue weighted by atomic mass is 35.6. The van der Waals surface area contributed by atoms with Gasteiger partial charge in [-0.1, -0.05) is 34.8 Å². The summed E-state index contributed by atoms with van der Waals surface area (Å²) in [6.07, 6.45) is 0. The molecule has 7 heteroatoms. The van der Waals surface area contributed by atoms with Gasteiger partial charge in [-0.15, -0.1) is 0 Å². The van der Waals surface area contributed by atoms with Crippen molar-refractivity contribution >= 4 is 40.5 Å². The Morgan fingerprint density at radius 1 is 1.25 bits per heavy atom. The lowest BCUT2D eigenvalue weighted by molar-refractivity contribution is -0.384. The summed E-state index contributed by atoms with van der Waals surface area (Å²) in [5.41, 5.74) is 0.810. The third-order valence-corrected chi connectivity index (χ3v) is 2.01. The van der Waals surface area contributed by atoms with Crippen molar-refractivity contribution in [1.82, 2.24) is 0 Å². The van der Waals surface area contributed by atoms with E-state index in [0.29, 0.717) is 0 Å². The molecule has 0 aliphatic heterocycles. The molecular weight excluding hydrogens is 276 g/mol. The smallest absolute Gasteiger partial charge is 0.269 e. The van der Waals surface area contributed by atoms with Gasteiger partial charge in [-0.25, -0.2) is 0 Å². The van der Waals surface area contributed by atoms with E-state index in [0.717, 1.165) is 5.56 Å². The van der Waals surface area contributed by atoms with E-state index in [1.165, 1.54) is 12.1 Å². The monoisotopic (exact) mass is 283 g/mol. The number of hydrogen-bond acceptors (Lipinski definition) is 3. The first kappa shape index (κ1) is 13.5. The standard InChI is InChI=1S/C9H8Cl3NO3/c10-9(11,12)6-16-5-7-1-3-8(4-2-7)13(14)15/h1-4H,5-6H2. The van der Waals surface area contributed by atoms with E-state index in [1.54, 1.807) is 12.1 Å². The van der Waals surface area contributed by atoms with Crippen LogP contribution in [0.3, 0.4) is 0 Å². The van der Waals surface area contributed by atoms with Gasteiger partial charge in [0, 0.05) is 12.1 Å². The van der Waals surface area contributed by atoms with Gasteiger partial charge in [0.05, 0.1) is 18.1 Å². The molecule has 0 spiro atoms. The number of non-ortho nitro benzene ring substituents is 1. The normalized spacial score (nSPS) is 11.4. The molecule has 1 aromatic rings. The van der Waals surface area contributed by atoms with Crippen molar-refractivity contribution in [2.45, 2.75) is 10.4 Å². The van der Waals surface area contributed by atoms with Crippen LogP contribution in [0.1, 0.15) is 5.56 Å². The number of ether oxygens (including phenoxy) is 1. The van der Waals surface area contributed by atoms with E-state index in [2.05, 4.69) is 0 Å². The molecule has 0 saturated heterocycles. The van der Waals surface area contributed by atoms with Crippen molar-refractivity contribution < 1.29 is 9.66 Å². The van der Waals surface area contributed by atoms with Crippen LogP contribution in [0, 0.1) is 10.1 Å². The molecule has 0 radical (unpaired) electrons. The summed E-state index contributed by atoms with van der Waals surface area (Å²) in [7, 11) is 0. The molecule has 0 bridgehead atoms. The predicted molar refractivity (Wildman–Crippen MR) is 63.0 cm³/mol. The summed E-state index contributed by atoms with van der Waals surface area (Å²) in [5, 5.41) is 10.4. The maximum atomic E-state index is 10.4. The number of halogens is 3. The molecule has 1 aromatic carbocycles. The lowest BCUT2D eigenvalue weighted by Gasteiger charge is -2.10. The van der Waals surface area contributed by atoms with E-state index >= 15 is 0 Å². The molecule has 0 atom stereocenters. The predicted octanol–water partition coefficient (Wildman–Crippen LogP) is 3.48. The van der Waals surface area contributed by atoms with Crippen LogP contribution >= 0.6 is 34.8 Å². The zero-order chi connectivity index (χ0) is 12.2. The van der Waals surface area contributed by atoms with Gasteiger partial charge in [0.15, 0.2) is 0 Å². The van der Waals surface area contributed by atoms with E-state index < -0.39 is 8.72 Å². The van der Waals surface area contributed by atoms with Gasteiger partial charge in [-0.3, -0.25) is 10.1 Å².